The molecule has 0 aliphatic heterocycles. The zero-order chi connectivity index (χ0) is 21.3. The molecule has 158 valence electrons. The predicted octanol–water partition coefficient (Wildman–Crippen LogP) is 3.90. The van der Waals surface area contributed by atoms with Crippen molar-refractivity contribution in [1.29, 1.82) is 0 Å². The van der Waals surface area contributed by atoms with E-state index in [-0.39, 0.29) is 17.4 Å². The van der Waals surface area contributed by atoms with Crippen LogP contribution < -0.4 is 10.1 Å². The smallest absolute Gasteiger partial charge is 0.387 e. The molecule has 0 radical (unpaired) electrons. The molecule has 1 aromatic heterocycles. The van der Waals surface area contributed by atoms with E-state index in [4.69, 9.17) is 0 Å². The molecule has 0 fully saturated rings. The molecule has 0 aliphatic rings. The Hall–Kier alpha value is -2.94. The minimum Gasteiger partial charge on any atom is -0.435 e. The molecule has 30 heavy (non-hydrogen) atoms. The van der Waals surface area contributed by atoms with E-state index >= 15 is 0 Å². The SMILES string of the molecule is CCn1c(Cc2ccccc2)nnc1SCC(=O)NCc1ccc(OC(F)F)cc1. The summed E-state index contributed by atoms with van der Waals surface area (Å²) < 4.78 is 30.7. The van der Waals surface area contributed by atoms with E-state index in [2.05, 4.69) is 20.3 Å². The van der Waals surface area contributed by atoms with Crippen LogP contribution in [-0.2, 0) is 24.3 Å². The molecule has 1 heterocycles. The summed E-state index contributed by atoms with van der Waals surface area (Å²) in [6.07, 6.45) is 0.680. The summed E-state index contributed by atoms with van der Waals surface area (Å²) in [4.78, 5) is 12.2. The van der Waals surface area contributed by atoms with Crippen LogP contribution in [0.1, 0.15) is 23.9 Å². The molecular formula is C21H22F2N4O2S. The third-order valence-electron chi connectivity index (χ3n) is 4.29. The lowest BCUT2D eigenvalue weighted by atomic mass is 10.1. The maximum Gasteiger partial charge on any atom is 0.387 e. The van der Waals surface area contributed by atoms with Crippen molar-refractivity contribution in [1.82, 2.24) is 20.1 Å². The van der Waals surface area contributed by atoms with Crippen LogP contribution in [0, 0.1) is 0 Å². The second kappa shape index (κ2) is 10.7. The number of nitrogens with zero attached hydrogens (tertiary/aromatic N) is 3. The van der Waals surface area contributed by atoms with Crippen molar-refractivity contribution in [2.45, 2.75) is 38.2 Å². The van der Waals surface area contributed by atoms with E-state index in [0.29, 0.717) is 24.7 Å². The second-order valence-electron chi connectivity index (χ2n) is 6.39. The van der Waals surface area contributed by atoms with Gasteiger partial charge in [-0.1, -0.05) is 54.2 Å². The van der Waals surface area contributed by atoms with Crippen molar-refractivity contribution in [3.8, 4) is 5.75 Å². The van der Waals surface area contributed by atoms with Crippen LogP contribution >= 0.6 is 11.8 Å². The van der Waals surface area contributed by atoms with Crippen LogP contribution in [0.15, 0.2) is 59.8 Å². The maximum atomic E-state index is 12.2. The van der Waals surface area contributed by atoms with Gasteiger partial charge in [-0.3, -0.25) is 4.79 Å². The van der Waals surface area contributed by atoms with Gasteiger partial charge in [0.05, 0.1) is 5.75 Å². The third-order valence-corrected chi connectivity index (χ3v) is 5.25. The largest absolute Gasteiger partial charge is 0.435 e. The lowest BCUT2D eigenvalue weighted by Crippen LogP contribution is -2.24. The number of alkyl halides is 2. The number of hydrogen-bond donors (Lipinski definition) is 1. The molecule has 0 aliphatic carbocycles. The van der Waals surface area contributed by atoms with E-state index in [0.717, 1.165) is 17.0 Å². The Bertz CT molecular complexity index is 949. The summed E-state index contributed by atoms with van der Waals surface area (Å²) in [5.74, 6) is 0.998. The number of rotatable bonds is 10. The standard InChI is InChI=1S/C21H22F2N4O2S/c1-2-27-18(12-15-6-4-3-5-7-15)25-26-21(27)30-14-19(28)24-13-16-8-10-17(11-9-16)29-20(22)23/h3-11,20H,2,12-14H2,1H3,(H,24,28). The average Bonchev–Trinajstić information content (AvgIpc) is 3.13. The molecule has 0 unspecified atom stereocenters. The number of amides is 1. The molecule has 0 atom stereocenters. The predicted molar refractivity (Wildman–Crippen MR) is 111 cm³/mol. The number of carbonyl (C=O) groups excluding carboxylic acids is 1. The number of aromatic nitrogens is 3. The van der Waals surface area contributed by atoms with Gasteiger partial charge in [0.2, 0.25) is 5.91 Å². The van der Waals surface area contributed by atoms with Crippen molar-refractivity contribution in [3.05, 3.63) is 71.5 Å². The zero-order valence-electron chi connectivity index (χ0n) is 16.4. The van der Waals surface area contributed by atoms with Gasteiger partial charge in [0, 0.05) is 19.5 Å². The monoisotopic (exact) mass is 432 g/mol. The minimum absolute atomic E-state index is 0.0841. The van der Waals surface area contributed by atoms with Gasteiger partial charge in [0.15, 0.2) is 5.16 Å². The zero-order valence-corrected chi connectivity index (χ0v) is 17.2. The lowest BCUT2D eigenvalue weighted by molar-refractivity contribution is -0.118. The first-order valence-corrected chi connectivity index (χ1v) is 10.4. The molecular weight excluding hydrogens is 410 g/mol. The molecule has 0 saturated heterocycles. The Morgan fingerprint density at radius 1 is 1.10 bits per heavy atom. The Morgan fingerprint density at radius 2 is 1.83 bits per heavy atom. The van der Waals surface area contributed by atoms with Crippen LogP contribution in [0.4, 0.5) is 8.78 Å². The average molecular weight is 432 g/mol. The van der Waals surface area contributed by atoms with Crippen molar-refractivity contribution >= 4 is 17.7 Å². The van der Waals surface area contributed by atoms with Crippen LogP contribution in [0.5, 0.6) is 5.75 Å². The molecule has 1 N–H and O–H groups in total. The Kier molecular flexibility index (Phi) is 7.78. The summed E-state index contributed by atoms with van der Waals surface area (Å²) in [5.41, 5.74) is 1.94. The number of halogens is 2. The van der Waals surface area contributed by atoms with Gasteiger partial charge in [-0.2, -0.15) is 8.78 Å². The molecule has 6 nitrogen and oxygen atoms in total. The first-order chi connectivity index (χ1) is 14.5. The van der Waals surface area contributed by atoms with Crippen molar-refractivity contribution in [3.63, 3.8) is 0 Å². The van der Waals surface area contributed by atoms with Crippen molar-refractivity contribution in [2.75, 3.05) is 5.75 Å². The van der Waals surface area contributed by atoms with Gasteiger partial charge >= 0.3 is 6.61 Å². The van der Waals surface area contributed by atoms with Gasteiger partial charge < -0.3 is 14.6 Å². The molecule has 3 aromatic rings. The fourth-order valence-electron chi connectivity index (χ4n) is 2.82. The Morgan fingerprint density at radius 3 is 2.50 bits per heavy atom. The summed E-state index contributed by atoms with van der Waals surface area (Å²) in [7, 11) is 0. The molecule has 0 spiro atoms. The first-order valence-electron chi connectivity index (χ1n) is 9.44. The first kappa shape index (κ1) is 21.8. The van der Waals surface area contributed by atoms with E-state index < -0.39 is 6.61 Å². The molecule has 1 amide bonds. The topological polar surface area (TPSA) is 69.0 Å². The van der Waals surface area contributed by atoms with Crippen LogP contribution in [0.25, 0.3) is 0 Å². The van der Waals surface area contributed by atoms with Crippen molar-refractivity contribution in [2.24, 2.45) is 0 Å². The number of carbonyl (C=O) groups is 1. The molecule has 9 heteroatoms. The number of hydrogen-bond acceptors (Lipinski definition) is 5. The maximum absolute atomic E-state index is 12.2. The molecule has 0 bridgehead atoms. The van der Waals surface area contributed by atoms with Gasteiger partial charge in [0.1, 0.15) is 11.6 Å². The quantitative estimate of drug-likeness (QED) is 0.492. The van der Waals surface area contributed by atoms with Gasteiger partial charge in [-0.15, -0.1) is 10.2 Å². The third kappa shape index (κ3) is 6.28. The number of ether oxygens (including phenoxy) is 1. The summed E-state index contributed by atoms with van der Waals surface area (Å²) in [6.45, 7) is 0.176. The highest BCUT2D eigenvalue weighted by atomic mass is 32.2. The molecule has 2 aromatic carbocycles. The highest BCUT2D eigenvalue weighted by Crippen LogP contribution is 2.19. The highest BCUT2D eigenvalue weighted by molar-refractivity contribution is 7.99. The summed E-state index contributed by atoms with van der Waals surface area (Å²) in [6, 6.07) is 16.2. The van der Waals surface area contributed by atoms with E-state index in [9.17, 15) is 13.6 Å². The number of benzene rings is 2. The molecule has 0 saturated carbocycles. The number of thioether (sulfide) groups is 1. The lowest BCUT2D eigenvalue weighted by Gasteiger charge is -2.09. The minimum atomic E-state index is -2.86. The summed E-state index contributed by atoms with van der Waals surface area (Å²) in [5, 5.41) is 12.0. The fourth-order valence-corrected chi connectivity index (χ4v) is 3.67. The number of nitrogens with one attached hydrogen (secondary N) is 1. The summed E-state index contributed by atoms with van der Waals surface area (Å²) >= 11 is 1.33. The van der Waals surface area contributed by atoms with Crippen LogP contribution in [0.3, 0.4) is 0 Å². The van der Waals surface area contributed by atoms with Crippen LogP contribution in [0.2, 0.25) is 0 Å². The Labute approximate surface area is 177 Å². The van der Waals surface area contributed by atoms with E-state index in [1.807, 2.05) is 41.8 Å². The van der Waals surface area contributed by atoms with E-state index in [1.54, 1.807) is 12.1 Å². The van der Waals surface area contributed by atoms with Crippen LogP contribution in [-0.4, -0.2) is 33.0 Å². The van der Waals surface area contributed by atoms with E-state index in [1.165, 1.54) is 23.9 Å². The highest BCUT2D eigenvalue weighted by Gasteiger charge is 2.13. The second-order valence-corrected chi connectivity index (χ2v) is 7.34. The normalized spacial score (nSPS) is 10.9. The fraction of sp³-hybridized carbons (Fsp3) is 0.286. The van der Waals surface area contributed by atoms with Gasteiger partial charge in [-0.25, -0.2) is 0 Å². The van der Waals surface area contributed by atoms with Gasteiger partial charge in [0.25, 0.3) is 0 Å². The van der Waals surface area contributed by atoms with Crippen molar-refractivity contribution < 1.29 is 18.3 Å². The Balaban J connectivity index is 1.49. The van der Waals surface area contributed by atoms with Gasteiger partial charge in [-0.05, 0) is 30.2 Å². The molecule has 3 rings (SSSR count).